The molecule has 39 heavy (non-hydrogen) atoms. The van der Waals surface area contributed by atoms with Crippen molar-refractivity contribution in [2.45, 2.75) is 44.9 Å². The van der Waals surface area contributed by atoms with Crippen molar-refractivity contribution in [3.05, 3.63) is 125 Å². The minimum absolute atomic E-state index is 0.174. The average molecular weight is 521 g/mol. The van der Waals surface area contributed by atoms with Crippen LogP contribution in [-0.2, 0) is 15.2 Å². The number of carbonyl (C=O) groups is 3. The van der Waals surface area contributed by atoms with Crippen LogP contribution in [0.25, 0.3) is 6.08 Å². The molecule has 0 spiro atoms. The van der Waals surface area contributed by atoms with Crippen LogP contribution in [0, 0.1) is 5.41 Å². The molecule has 6 nitrogen and oxygen atoms in total. The minimum atomic E-state index is -2.16. The first-order chi connectivity index (χ1) is 18.8. The number of hydrogen-bond acceptors (Lipinski definition) is 5. The van der Waals surface area contributed by atoms with Gasteiger partial charge in [0.05, 0.1) is 11.7 Å². The van der Waals surface area contributed by atoms with Gasteiger partial charge < -0.3 is 15.3 Å². The van der Waals surface area contributed by atoms with Gasteiger partial charge in [-0.05, 0) is 43.0 Å². The summed E-state index contributed by atoms with van der Waals surface area (Å²) < 4.78 is 0. The average Bonchev–Trinajstić information content (AvgIpc) is 3.20. The van der Waals surface area contributed by atoms with E-state index < -0.39 is 28.7 Å². The van der Waals surface area contributed by atoms with Crippen LogP contribution < -0.4 is 5.32 Å². The second-order valence-electron chi connectivity index (χ2n) is 10.2. The maximum atomic E-state index is 14.5. The second kappa shape index (κ2) is 10.1. The van der Waals surface area contributed by atoms with Gasteiger partial charge in [0.2, 0.25) is 5.91 Å². The molecule has 4 atom stereocenters. The monoisotopic (exact) mass is 520 g/mol. The molecule has 1 saturated heterocycles. The Morgan fingerprint density at radius 1 is 0.974 bits per heavy atom. The Morgan fingerprint density at radius 3 is 2.23 bits per heavy atom. The number of benzene rings is 3. The molecule has 2 aliphatic rings. The predicted molar refractivity (Wildman–Crippen MR) is 150 cm³/mol. The van der Waals surface area contributed by atoms with Crippen LogP contribution in [0.4, 0.5) is 0 Å². The summed E-state index contributed by atoms with van der Waals surface area (Å²) in [6, 6.07) is 23.9. The van der Waals surface area contributed by atoms with Crippen LogP contribution in [0.1, 0.15) is 60.3 Å². The third-order valence-electron chi connectivity index (χ3n) is 8.03. The Bertz CT molecular complexity index is 1480. The summed E-state index contributed by atoms with van der Waals surface area (Å²) in [7, 11) is 0. The molecule has 5 rings (SSSR count). The quantitative estimate of drug-likeness (QED) is 0.255. The second-order valence-corrected chi connectivity index (χ2v) is 10.2. The molecule has 4 unspecified atom stereocenters. The third kappa shape index (κ3) is 3.94. The Morgan fingerprint density at radius 2 is 1.59 bits per heavy atom. The number of Topliss-reactive ketones (excluding diaryl/α,β-unsaturated/α-hetero) is 1. The van der Waals surface area contributed by atoms with E-state index in [1.165, 1.54) is 13.0 Å². The van der Waals surface area contributed by atoms with Gasteiger partial charge >= 0.3 is 0 Å². The van der Waals surface area contributed by atoms with E-state index in [1.54, 1.807) is 65.7 Å². The summed E-state index contributed by atoms with van der Waals surface area (Å²) in [4.78, 5) is 43.8. The van der Waals surface area contributed by atoms with Gasteiger partial charge in [0.25, 0.3) is 0 Å². The van der Waals surface area contributed by atoms with Crippen molar-refractivity contribution in [3.63, 3.8) is 0 Å². The number of nitrogens with one attached hydrogen (secondary N) is 1. The Labute approximate surface area is 228 Å². The highest BCUT2D eigenvalue weighted by Gasteiger charge is 2.73. The van der Waals surface area contributed by atoms with E-state index in [9.17, 15) is 19.5 Å². The first-order valence-corrected chi connectivity index (χ1v) is 13.2. The molecule has 6 heteroatoms. The van der Waals surface area contributed by atoms with Gasteiger partial charge in [0.15, 0.2) is 22.6 Å². The molecule has 0 radical (unpaired) electrons. The molecular weight excluding hydrogens is 488 g/mol. The van der Waals surface area contributed by atoms with Crippen molar-refractivity contribution in [2.75, 3.05) is 0 Å². The van der Waals surface area contributed by atoms with Crippen LogP contribution in [0.15, 0.2) is 103 Å². The number of allylic oxidation sites excluding steroid dienone is 1. The lowest BCUT2D eigenvalue weighted by atomic mass is 9.61. The molecule has 2 N–H and O–H groups in total. The Hall–Kier alpha value is -4.29. The summed E-state index contributed by atoms with van der Waals surface area (Å²) in [6.07, 6.45) is 5.64. The summed E-state index contributed by atoms with van der Waals surface area (Å²) >= 11 is 0. The zero-order chi connectivity index (χ0) is 27.8. The van der Waals surface area contributed by atoms with Crippen molar-refractivity contribution >= 4 is 23.5 Å². The molecule has 0 bridgehead atoms. The first kappa shape index (κ1) is 26.3. The van der Waals surface area contributed by atoms with E-state index in [2.05, 4.69) is 5.32 Å². The van der Waals surface area contributed by atoms with Crippen LogP contribution >= 0.6 is 0 Å². The predicted octanol–water partition coefficient (Wildman–Crippen LogP) is 5.17. The molecule has 198 valence electrons. The van der Waals surface area contributed by atoms with Crippen molar-refractivity contribution in [3.8, 4) is 0 Å². The standard InChI is InChI=1S/C33H32N2O4/c1-4-22(2)34-31(38)32(23(3)36)30-27-18-12-11-13-24(27)19-20-35(30)29(21-28(37)25-14-7-5-8-15-25)33(32,39)26-16-9-6-10-17-26/h5-22,30,39H,4H2,1-3H3,(H,34,38)/b29-21+. The van der Waals surface area contributed by atoms with Crippen molar-refractivity contribution in [1.82, 2.24) is 10.2 Å². The number of carbonyl (C=O) groups excluding carboxylic acids is 3. The number of fused-ring (bicyclic) bond motifs is 3. The van der Waals surface area contributed by atoms with Gasteiger partial charge in [-0.15, -0.1) is 0 Å². The summed E-state index contributed by atoms with van der Waals surface area (Å²) in [5.41, 5.74) is -1.63. The summed E-state index contributed by atoms with van der Waals surface area (Å²) in [6.45, 7) is 5.16. The number of rotatable bonds is 7. The highest BCUT2D eigenvalue weighted by molar-refractivity contribution is 6.11. The normalized spacial score (nSPS) is 25.1. The Balaban J connectivity index is 1.87. The van der Waals surface area contributed by atoms with Crippen molar-refractivity contribution in [1.29, 1.82) is 0 Å². The molecule has 1 fully saturated rings. The molecule has 2 aliphatic heterocycles. The molecule has 3 aromatic rings. The molecule has 0 aliphatic carbocycles. The lowest BCUT2D eigenvalue weighted by Crippen LogP contribution is -2.60. The van der Waals surface area contributed by atoms with Crippen molar-refractivity contribution in [2.24, 2.45) is 5.41 Å². The lowest BCUT2D eigenvalue weighted by molar-refractivity contribution is -0.158. The molecule has 0 aromatic heterocycles. The number of hydrogen-bond donors (Lipinski definition) is 2. The summed E-state index contributed by atoms with van der Waals surface area (Å²) in [5, 5.41) is 16.0. The minimum Gasteiger partial charge on any atom is -0.377 e. The van der Waals surface area contributed by atoms with Crippen LogP contribution in [0.3, 0.4) is 0 Å². The maximum Gasteiger partial charge on any atom is 0.240 e. The lowest BCUT2D eigenvalue weighted by Gasteiger charge is -2.42. The van der Waals surface area contributed by atoms with Gasteiger partial charge in [-0.2, -0.15) is 0 Å². The fourth-order valence-corrected chi connectivity index (χ4v) is 5.94. The fourth-order valence-electron chi connectivity index (χ4n) is 5.94. The zero-order valence-electron chi connectivity index (χ0n) is 22.3. The van der Waals surface area contributed by atoms with Gasteiger partial charge in [0, 0.05) is 23.9 Å². The van der Waals surface area contributed by atoms with E-state index >= 15 is 0 Å². The highest BCUT2D eigenvalue weighted by atomic mass is 16.3. The van der Waals surface area contributed by atoms with Gasteiger partial charge in [-0.1, -0.05) is 91.9 Å². The SMILES string of the molecule is CCC(C)NC(=O)C1(C(C)=O)C2c3ccccc3C=CN2/C(=C/C(=O)c2ccccc2)C1(O)c1ccccc1. The largest absolute Gasteiger partial charge is 0.377 e. The van der Waals surface area contributed by atoms with E-state index in [-0.39, 0.29) is 17.5 Å². The third-order valence-corrected chi connectivity index (χ3v) is 8.03. The Kier molecular flexibility index (Phi) is 6.83. The molecule has 2 heterocycles. The number of nitrogens with zero attached hydrogens (tertiary/aromatic N) is 1. The van der Waals surface area contributed by atoms with Gasteiger partial charge in [-0.3, -0.25) is 14.4 Å². The molecular formula is C33H32N2O4. The van der Waals surface area contributed by atoms with Crippen LogP contribution in [-0.4, -0.2) is 33.5 Å². The smallest absolute Gasteiger partial charge is 0.240 e. The van der Waals surface area contributed by atoms with Gasteiger partial charge in [0.1, 0.15) is 0 Å². The number of amides is 1. The molecule has 0 saturated carbocycles. The highest BCUT2D eigenvalue weighted by Crippen LogP contribution is 2.64. The molecule has 3 aromatic carbocycles. The van der Waals surface area contributed by atoms with Crippen LogP contribution in [0.2, 0.25) is 0 Å². The number of aliphatic hydroxyl groups is 1. The van der Waals surface area contributed by atoms with E-state index in [0.29, 0.717) is 17.5 Å². The van der Waals surface area contributed by atoms with E-state index in [4.69, 9.17) is 0 Å². The number of ketones is 2. The topological polar surface area (TPSA) is 86.7 Å². The van der Waals surface area contributed by atoms with Crippen molar-refractivity contribution < 1.29 is 19.5 Å². The maximum absolute atomic E-state index is 14.5. The first-order valence-electron chi connectivity index (χ1n) is 13.2. The van der Waals surface area contributed by atoms with Gasteiger partial charge in [-0.25, -0.2) is 0 Å². The van der Waals surface area contributed by atoms with E-state index in [1.807, 2.05) is 50.3 Å². The fraction of sp³-hybridized carbons (Fsp3) is 0.242. The van der Waals surface area contributed by atoms with E-state index in [0.717, 1.165) is 11.1 Å². The summed E-state index contributed by atoms with van der Waals surface area (Å²) in [5.74, 6) is -1.41. The molecule has 1 amide bonds. The zero-order valence-corrected chi connectivity index (χ0v) is 22.3. The van der Waals surface area contributed by atoms with Crippen LogP contribution in [0.5, 0.6) is 0 Å².